The number of carbonyl (C=O) groups excluding carboxylic acids is 1. The Balaban J connectivity index is -0.0000000200. The second-order valence-corrected chi connectivity index (χ2v) is 0.136. The molecule has 0 atom stereocenters. The molecular weight excluding hydrogens is 399 g/mol. The first-order chi connectivity index (χ1) is 1.41. The molecule has 0 unspecified atom stereocenters. The van der Waals surface area contributed by atoms with E-state index >= 15 is 0 Å². The van der Waals surface area contributed by atoms with Gasteiger partial charge in [-0.05, 0) is 0 Å². The SMILES string of the molecule is NC=O.[Hf].[Hf]. The van der Waals surface area contributed by atoms with Crippen molar-refractivity contribution in [2.75, 3.05) is 0 Å². The number of carbonyl (C=O) groups is 1. The van der Waals surface area contributed by atoms with Crippen LogP contribution in [0.25, 0.3) is 0 Å². The molecule has 0 aliphatic carbocycles. The zero-order valence-corrected chi connectivity index (χ0v) is 9.75. The van der Waals surface area contributed by atoms with Gasteiger partial charge in [-0.3, -0.25) is 4.79 Å². The molecule has 2 nitrogen and oxygen atoms in total. The maximum Gasteiger partial charge on any atom is 0.204 e. The van der Waals surface area contributed by atoms with Crippen LogP contribution in [-0.4, -0.2) is 6.41 Å². The van der Waals surface area contributed by atoms with E-state index in [2.05, 4.69) is 5.73 Å². The molecule has 0 aromatic heterocycles. The normalized spacial score (nSPS) is 2.40. The van der Waals surface area contributed by atoms with Crippen LogP contribution in [-0.2, 0) is 56.5 Å². The van der Waals surface area contributed by atoms with Crippen molar-refractivity contribution in [3.8, 4) is 0 Å². The molecule has 0 fully saturated rings. The fourth-order valence-corrected chi connectivity index (χ4v) is 0. The fourth-order valence-electron chi connectivity index (χ4n) is 0. The van der Waals surface area contributed by atoms with Crippen molar-refractivity contribution in [1.29, 1.82) is 0 Å². The molecule has 0 aliphatic rings. The predicted octanol–water partition coefficient (Wildman–Crippen LogP) is -0.903. The minimum absolute atomic E-state index is 0. The molecule has 0 spiro atoms. The summed E-state index contributed by atoms with van der Waals surface area (Å²) in [5.74, 6) is 0. The van der Waals surface area contributed by atoms with Gasteiger partial charge in [0.1, 0.15) is 0 Å². The summed E-state index contributed by atoms with van der Waals surface area (Å²) in [6.07, 6.45) is 0.250. The second-order valence-electron chi connectivity index (χ2n) is 0.136. The van der Waals surface area contributed by atoms with Crippen LogP contribution in [0.15, 0.2) is 0 Å². The average molecular weight is 402 g/mol. The van der Waals surface area contributed by atoms with E-state index in [1.807, 2.05) is 0 Å². The van der Waals surface area contributed by atoms with Crippen LogP contribution in [0.2, 0.25) is 0 Å². The van der Waals surface area contributed by atoms with Crippen molar-refractivity contribution in [2.45, 2.75) is 0 Å². The Morgan fingerprint density at radius 1 is 1.40 bits per heavy atom. The van der Waals surface area contributed by atoms with Gasteiger partial charge in [-0.15, -0.1) is 0 Å². The third kappa shape index (κ3) is 36.7. The van der Waals surface area contributed by atoms with Crippen molar-refractivity contribution in [3.63, 3.8) is 0 Å². The Hall–Kier alpha value is 1.21. The third-order valence-corrected chi connectivity index (χ3v) is 0. The van der Waals surface area contributed by atoms with Crippen LogP contribution >= 0.6 is 0 Å². The van der Waals surface area contributed by atoms with E-state index in [4.69, 9.17) is 4.79 Å². The molecule has 1 amide bonds. The van der Waals surface area contributed by atoms with Crippen LogP contribution in [0.1, 0.15) is 0 Å². The molecule has 2 N–H and O–H groups in total. The van der Waals surface area contributed by atoms with Gasteiger partial charge < -0.3 is 5.73 Å². The van der Waals surface area contributed by atoms with Gasteiger partial charge in [0.05, 0.1) is 0 Å². The van der Waals surface area contributed by atoms with Gasteiger partial charge in [-0.25, -0.2) is 0 Å². The van der Waals surface area contributed by atoms with E-state index in [0.29, 0.717) is 0 Å². The number of rotatable bonds is 0. The average Bonchev–Trinajstić information content (AvgIpc) is 0.918. The van der Waals surface area contributed by atoms with E-state index in [9.17, 15) is 0 Å². The Kier molecular flexibility index (Phi) is 61.9. The van der Waals surface area contributed by atoms with Crippen LogP contribution in [0.3, 0.4) is 0 Å². The van der Waals surface area contributed by atoms with Crippen LogP contribution in [0, 0.1) is 0 Å². The summed E-state index contributed by atoms with van der Waals surface area (Å²) >= 11 is 0. The third-order valence-electron chi connectivity index (χ3n) is 0. The Bertz CT molecular complexity index is 17.1. The molecule has 0 heterocycles. The molecule has 0 radical (unpaired) electrons. The Morgan fingerprint density at radius 3 is 1.40 bits per heavy atom. The topological polar surface area (TPSA) is 43.1 Å². The van der Waals surface area contributed by atoms with Crippen molar-refractivity contribution in [2.24, 2.45) is 5.73 Å². The summed E-state index contributed by atoms with van der Waals surface area (Å²) in [5, 5.41) is 0. The van der Waals surface area contributed by atoms with Gasteiger partial charge in [-0.2, -0.15) is 0 Å². The van der Waals surface area contributed by atoms with E-state index < -0.39 is 0 Å². The summed E-state index contributed by atoms with van der Waals surface area (Å²) in [5.41, 5.74) is 4.17. The van der Waals surface area contributed by atoms with E-state index in [-0.39, 0.29) is 58.1 Å². The van der Waals surface area contributed by atoms with Crippen molar-refractivity contribution >= 4 is 6.41 Å². The molecule has 4 heteroatoms. The first-order valence-electron chi connectivity index (χ1n) is 0.569. The van der Waals surface area contributed by atoms with Gasteiger partial charge in [0.2, 0.25) is 6.41 Å². The molecule has 0 aromatic rings. The van der Waals surface area contributed by atoms with Gasteiger partial charge in [0.25, 0.3) is 0 Å². The van der Waals surface area contributed by atoms with Gasteiger partial charge >= 0.3 is 0 Å². The number of hydrogen-bond donors (Lipinski definition) is 1. The second kappa shape index (κ2) is 18.9. The van der Waals surface area contributed by atoms with Gasteiger partial charge in [-0.1, -0.05) is 0 Å². The molecule has 26 valence electrons. The Morgan fingerprint density at radius 2 is 1.40 bits per heavy atom. The molecular formula is CH3Hf2NO. The zero-order chi connectivity index (χ0) is 2.71. The quantitative estimate of drug-likeness (QED) is 0.415. The van der Waals surface area contributed by atoms with Gasteiger partial charge in [0, 0.05) is 51.7 Å². The van der Waals surface area contributed by atoms with Gasteiger partial charge in [0.15, 0.2) is 0 Å². The summed E-state index contributed by atoms with van der Waals surface area (Å²) in [7, 11) is 0. The monoisotopic (exact) mass is 405 g/mol. The number of amides is 1. The summed E-state index contributed by atoms with van der Waals surface area (Å²) < 4.78 is 0. The van der Waals surface area contributed by atoms with E-state index in [1.165, 1.54) is 0 Å². The predicted molar refractivity (Wildman–Crippen MR) is 10.3 cm³/mol. The largest absolute Gasteiger partial charge is 0.372 e. The Labute approximate surface area is 68.1 Å². The van der Waals surface area contributed by atoms with Crippen molar-refractivity contribution in [1.82, 2.24) is 0 Å². The first-order valence-corrected chi connectivity index (χ1v) is 0.569. The fraction of sp³-hybridized carbons (Fsp3) is 0. The number of hydrogen-bond acceptors (Lipinski definition) is 1. The van der Waals surface area contributed by atoms with Crippen LogP contribution < -0.4 is 5.73 Å². The zero-order valence-electron chi connectivity index (χ0n) is 2.56. The summed E-state index contributed by atoms with van der Waals surface area (Å²) in [6, 6.07) is 0. The molecule has 0 bridgehead atoms. The minimum Gasteiger partial charge on any atom is -0.372 e. The van der Waals surface area contributed by atoms with E-state index in [1.54, 1.807) is 0 Å². The molecule has 0 saturated heterocycles. The van der Waals surface area contributed by atoms with Crippen molar-refractivity contribution in [3.05, 3.63) is 0 Å². The molecule has 0 saturated carbocycles. The minimum atomic E-state index is 0. The standard InChI is InChI=1S/CH3NO.2Hf/c2-1-3;;/h1H,(H2,2,3);;. The smallest absolute Gasteiger partial charge is 0.204 e. The van der Waals surface area contributed by atoms with Crippen molar-refractivity contribution < 1.29 is 56.5 Å². The molecule has 0 aliphatic heterocycles. The number of nitrogens with two attached hydrogens (primary N) is 1. The van der Waals surface area contributed by atoms with Crippen LogP contribution in [0.4, 0.5) is 0 Å². The summed E-state index contributed by atoms with van der Waals surface area (Å²) in [4.78, 5) is 8.58. The molecule has 5 heavy (non-hydrogen) atoms. The summed E-state index contributed by atoms with van der Waals surface area (Å²) in [6.45, 7) is 0. The number of primary amides is 1. The molecule has 0 aromatic carbocycles. The first kappa shape index (κ1) is 16.4. The molecule has 0 rings (SSSR count). The maximum atomic E-state index is 8.58. The maximum absolute atomic E-state index is 8.58. The van der Waals surface area contributed by atoms with E-state index in [0.717, 1.165) is 0 Å². The van der Waals surface area contributed by atoms with Crippen LogP contribution in [0.5, 0.6) is 0 Å².